The number of alkyl halides is 6. The summed E-state index contributed by atoms with van der Waals surface area (Å²) >= 11 is 0. The van der Waals surface area contributed by atoms with E-state index in [4.69, 9.17) is 0 Å². The van der Waals surface area contributed by atoms with Gasteiger partial charge in [-0.3, -0.25) is 4.98 Å². The number of pyridine rings is 1. The lowest BCUT2D eigenvalue weighted by Crippen LogP contribution is -2.13. The first-order valence-corrected chi connectivity index (χ1v) is 7.99. The van der Waals surface area contributed by atoms with Gasteiger partial charge in [-0.25, -0.2) is 14.4 Å². The maximum atomic E-state index is 13.2. The van der Waals surface area contributed by atoms with Crippen LogP contribution in [0.4, 0.5) is 36.7 Å². The van der Waals surface area contributed by atoms with Gasteiger partial charge in [-0.05, 0) is 29.8 Å². The lowest BCUT2D eigenvalue weighted by atomic mass is 10.1. The van der Waals surface area contributed by atoms with Crippen LogP contribution in [0, 0.1) is 5.82 Å². The predicted octanol–water partition coefficient (Wildman–Crippen LogP) is 5.33. The number of hydrogen-bond acceptors (Lipinski definition) is 4. The van der Waals surface area contributed by atoms with Gasteiger partial charge in [0.25, 0.3) is 0 Å². The number of halogens is 7. The SMILES string of the molecule is Fc1ccc(CNc2nccc(-c3cncc(C(F)(F)F)c3)n2)c(C(F)(F)F)c1. The number of anilines is 1. The van der Waals surface area contributed by atoms with Gasteiger partial charge < -0.3 is 5.32 Å². The van der Waals surface area contributed by atoms with Crippen LogP contribution in [0.3, 0.4) is 0 Å². The Morgan fingerprint density at radius 1 is 0.897 bits per heavy atom. The summed E-state index contributed by atoms with van der Waals surface area (Å²) in [6.45, 7) is -0.376. The summed E-state index contributed by atoms with van der Waals surface area (Å²) in [5.41, 5.74) is -2.21. The normalized spacial score (nSPS) is 12.1. The van der Waals surface area contributed by atoms with Gasteiger partial charge in [0.05, 0.1) is 16.8 Å². The van der Waals surface area contributed by atoms with Gasteiger partial charge in [-0.15, -0.1) is 0 Å². The second kappa shape index (κ2) is 7.64. The van der Waals surface area contributed by atoms with E-state index in [2.05, 4.69) is 20.3 Å². The van der Waals surface area contributed by atoms with Crippen LogP contribution in [0.2, 0.25) is 0 Å². The van der Waals surface area contributed by atoms with Crippen molar-refractivity contribution in [1.29, 1.82) is 0 Å². The number of nitrogens with zero attached hydrogens (tertiary/aromatic N) is 3. The van der Waals surface area contributed by atoms with Gasteiger partial charge in [0, 0.05) is 30.7 Å². The van der Waals surface area contributed by atoms with Crippen molar-refractivity contribution in [3.8, 4) is 11.3 Å². The zero-order valence-electron chi connectivity index (χ0n) is 14.3. The minimum Gasteiger partial charge on any atom is -0.350 e. The van der Waals surface area contributed by atoms with E-state index in [1.165, 1.54) is 18.5 Å². The van der Waals surface area contributed by atoms with E-state index in [0.717, 1.165) is 18.2 Å². The summed E-state index contributed by atoms with van der Waals surface area (Å²) in [5.74, 6) is -1.14. The molecule has 4 nitrogen and oxygen atoms in total. The monoisotopic (exact) mass is 416 g/mol. The van der Waals surface area contributed by atoms with Crippen LogP contribution in [0.25, 0.3) is 11.3 Å². The van der Waals surface area contributed by atoms with Crippen molar-refractivity contribution in [3.63, 3.8) is 0 Å². The van der Waals surface area contributed by atoms with E-state index in [1.54, 1.807) is 0 Å². The molecule has 0 aliphatic heterocycles. The standard InChI is InChI=1S/C18H11F7N4/c19-13-2-1-10(14(6-13)18(23,24)25)8-28-16-27-4-3-15(29-16)11-5-12(9-26-7-11)17(20,21)22/h1-7,9H,8H2,(H,27,28,29). The highest BCUT2D eigenvalue weighted by Crippen LogP contribution is 2.33. The number of aromatic nitrogens is 3. The molecule has 0 bridgehead atoms. The highest BCUT2D eigenvalue weighted by atomic mass is 19.4. The van der Waals surface area contributed by atoms with Gasteiger partial charge in [-0.2, -0.15) is 26.3 Å². The minimum absolute atomic E-state index is 0.0584. The van der Waals surface area contributed by atoms with E-state index in [-0.39, 0.29) is 29.3 Å². The zero-order chi connectivity index (χ0) is 21.2. The highest BCUT2D eigenvalue weighted by Gasteiger charge is 2.34. The molecular weight excluding hydrogens is 405 g/mol. The van der Waals surface area contributed by atoms with Crippen LogP contribution in [-0.2, 0) is 18.9 Å². The molecule has 0 fully saturated rings. The molecule has 3 rings (SSSR count). The first-order chi connectivity index (χ1) is 13.5. The molecule has 2 heterocycles. The zero-order valence-corrected chi connectivity index (χ0v) is 14.3. The lowest BCUT2D eigenvalue weighted by molar-refractivity contribution is -0.138. The molecule has 0 aliphatic carbocycles. The molecule has 0 saturated carbocycles. The molecule has 0 spiro atoms. The van der Waals surface area contributed by atoms with Crippen molar-refractivity contribution >= 4 is 5.95 Å². The van der Waals surface area contributed by atoms with Crippen LogP contribution in [-0.4, -0.2) is 15.0 Å². The summed E-state index contributed by atoms with van der Waals surface area (Å²) in [7, 11) is 0. The third-order valence-corrected chi connectivity index (χ3v) is 3.83. The lowest BCUT2D eigenvalue weighted by Gasteiger charge is -2.14. The second-order valence-electron chi connectivity index (χ2n) is 5.88. The van der Waals surface area contributed by atoms with E-state index in [1.807, 2.05) is 0 Å². The van der Waals surface area contributed by atoms with Crippen molar-refractivity contribution in [2.24, 2.45) is 0 Å². The van der Waals surface area contributed by atoms with E-state index < -0.39 is 29.3 Å². The minimum atomic E-state index is -4.76. The van der Waals surface area contributed by atoms with E-state index in [0.29, 0.717) is 12.3 Å². The van der Waals surface area contributed by atoms with Crippen molar-refractivity contribution < 1.29 is 30.7 Å². The molecule has 0 unspecified atom stereocenters. The summed E-state index contributed by atoms with van der Waals surface area (Å²) in [6, 6.07) is 4.42. The molecule has 0 amide bonds. The summed E-state index contributed by atoms with van der Waals surface area (Å²) in [5, 5.41) is 2.56. The molecule has 1 N–H and O–H groups in total. The molecule has 2 aromatic heterocycles. The van der Waals surface area contributed by atoms with Crippen LogP contribution < -0.4 is 5.32 Å². The van der Waals surface area contributed by atoms with Crippen LogP contribution in [0.1, 0.15) is 16.7 Å². The Hall–Kier alpha value is -3.24. The Morgan fingerprint density at radius 3 is 2.34 bits per heavy atom. The highest BCUT2D eigenvalue weighted by molar-refractivity contribution is 5.59. The Morgan fingerprint density at radius 2 is 1.66 bits per heavy atom. The summed E-state index contributed by atoms with van der Waals surface area (Å²) in [6.07, 6.45) is -6.28. The Labute approximate surface area is 159 Å². The van der Waals surface area contributed by atoms with E-state index in [9.17, 15) is 30.7 Å². The maximum absolute atomic E-state index is 13.2. The molecule has 0 aliphatic rings. The van der Waals surface area contributed by atoms with Crippen molar-refractivity contribution in [3.05, 3.63) is 71.4 Å². The fourth-order valence-corrected chi connectivity index (χ4v) is 2.48. The second-order valence-corrected chi connectivity index (χ2v) is 5.88. The number of hydrogen-bond donors (Lipinski definition) is 1. The van der Waals surface area contributed by atoms with E-state index >= 15 is 0 Å². The Kier molecular flexibility index (Phi) is 5.40. The fourth-order valence-electron chi connectivity index (χ4n) is 2.48. The van der Waals surface area contributed by atoms with Crippen molar-refractivity contribution in [1.82, 2.24) is 15.0 Å². The molecule has 0 radical (unpaired) electrons. The van der Waals surface area contributed by atoms with Gasteiger partial charge in [0.2, 0.25) is 5.95 Å². The van der Waals surface area contributed by atoms with Gasteiger partial charge in [-0.1, -0.05) is 6.07 Å². The van der Waals surface area contributed by atoms with Crippen molar-refractivity contribution in [2.75, 3.05) is 5.32 Å². The summed E-state index contributed by atoms with van der Waals surface area (Å²) < 4.78 is 90.8. The maximum Gasteiger partial charge on any atom is 0.417 e. The number of nitrogens with one attached hydrogen (secondary N) is 1. The first kappa shape index (κ1) is 20.5. The predicted molar refractivity (Wildman–Crippen MR) is 89.0 cm³/mol. The number of rotatable bonds is 4. The molecule has 29 heavy (non-hydrogen) atoms. The van der Waals surface area contributed by atoms with Crippen LogP contribution >= 0.6 is 0 Å². The van der Waals surface area contributed by atoms with Crippen LogP contribution in [0.5, 0.6) is 0 Å². The quantitative estimate of drug-likeness (QED) is 0.585. The Balaban J connectivity index is 1.84. The van der Waals surface area contributed by atoms with Gasteiger partial charge in [0.1, 0.15) is 5.82 Å². The largest absolute Gasteiger partial charge is 0.417 e. The molecule has 11 heteroatoms. The molecule has 1 aromatic carbocycles. The third kappa shape index (κ3) is 4.98. The molecule has 0 saturated heterocycles. The number of benzene rings is 1. The molecule has 3 aromatic rings. The van der Waals surface area contributed by atoms with Gasteiger partial charge >= 0.3 is 12.4 Å². The third-order valence-electron chi connectivity index (χ3n) is 3.83. The first-order valence-electron chi connectivity index (χ1n) is 7.99. The molecule has 0 atom stereocenters. The molecular formula is C18H11F7N4. The smallest absolute Gasteiger partial charge is 0.350 e. The topological polar surface area (TPSA) is 50.7 Å². The van der Waals surface area contributed by atoms with Crippen molar-refractivity contribution in [2.45, 2.75) is 18.9 Å². The van der Waals surface area contributed by atoms with Crippen LogP contribution in [0.15, 0.2) is 48.9 Å². The fraction of sp³-hybridized carbons (Fsp3) is 0.167. The van der Waals surface area contributed by atoms with Gasteiger partial charge in [0.15, 0.2) is 0 Å². The molecule has 152 valence electrons. The Bertz CT molecular complexity index is 1020. The summed E-state index contributed by atoms with van der Waals surface area (Å²) in [4.78, 5) is 11.4. The average Bonchev–Trinajstić information content (AvgIpc) is 2.66. The average molecular weight is 416 g/mol.